The molecule has 0 spiro atoms. The van der Waals surface area contributed by atoms with Crippen LogP contribution in [-0.2, 0) is 14.4 Å². The van der Waals surface area contributed by atoms with E-state index >= 15 is 0 Å². The highest BCUT2D eigenvalue weighted by Crippen LogP contribution is 2.27. The molecule has 1 saturated carbocycles. The molecule has 0 aromatic heterocycles. The van der Waals surface area contributed by atoms with Crippen LogP contribution in [0.2, 0.25) is 0 Å². The highest BCUT2D eigenvalue weighted by atomic mass is 16.5. The lowest BCUT2D eigenvalue weighted by Crippen LogP contribution is -2.38. The molecule has 0 saturated heterocycles. The van der Waals surface area contributed by atoms with E-state index in [-0.39, 0.29) is 18.6 Å². The number of hydrogen-bond acceptors (Lipinski definition) is 6. The maximum Gasteiger partial charge on any atom is 0.329 e. The SMILES string of the molecule is COc1cc(C=NNC(=O)C(=O)NC2CC2)ccc1OCC(=O)Nc1cccc(C)c1C. The quantitative estimate of drug-likeness (QED) is 0.331. The van der Waals surface area contributed by atoms with Gasteiger partial charge in [0.15, 0.2) is 18.1 Å². The van der Waals surface area contributed by atoms with Crippen molar-refractivity contribution in [2.45, 2.75) is 32.7 Å². The van der Waals surface area contributed by atoms with Gasteiger partial charge in [-0.15, -0.1) is 0 Å². The van der Waals surface area contributed by atoms with E-state index in [1.807, 2.05) is 32.0 Å². The van der Waals surface area contributed by atoms with Crippen LogP contribution in [0.3, 0.4) is 0 Å². The Labute approximate surface area is 186 Å². The molecule has 3 amide bonds. The van der Waals surface area contributed by atoms with Gasteiger partial charge in [-0.1, -0.05) is 12.1 Å². The van der Waals surface area contributed by atoms with Crippen molar-refractivity contribution >= 4 is 29.6 Å². The number of hydrazone groups is 1. The minimum atomic E-state index is -0.824. The third-order valence-corrected chi connectivity index (χ3v) is 4.92. The number of amides is 3. The van der Waals surface area contributed by atoms with Crippen LogP contribution in [0.4, 0.5) is 5.69 Å². The van der Waals surface area contributed by atoms with Crippen molar-refractivity contribution < 1.29 is 23.9 Å². The summed E-state index contributed by atoms with van der Waals surface area (Å²) in [5.74, 6) is -1.04. The van der Waals surface area contributed by atoms with Crippen LogP contribution in [0.5, 0.6) is 11.5 Å². The van der Waals surface area contributed by atoms with E-state index in [1.54, 1.807) is 18.2 Å². The molecule has 168 valence electrons. The monoisotopic (exact) mass is 438 g/mol. The largest absolute Gasteiger partial charge is 0.493 e. The van der Waals surface area contributed by atoms with Gasteiger partial charge in [-0.2, -0.15) is 5.10 Å². The number of nitrogens with one attached hydrogen (secondary N) is 3. The number of anilines is 1. The lowest BCUT2D eigenvalue weighted by atomic mass is 10.1. The van der Waals surface area contributed by atoms with Crippen LogP contribution >= 0.6 is 0 Å². The summed E-state index contributed by atoms with van der Waals surface area (Å²) in [6, 6.07) is 10.7. The van der Waals surface area contributed by atoms with Gasteiger partial charge in [0.25, 0.3) is 5.91 Å². The third-order valence-electron chi connectivity index (χ3n) is 4.92. The van der Waals surface area contributed by atoms with Crippen LogP contribution in [0, 0.1) is 13.8 Å². The molecule has 2 aromatic carbocycles. The maximum absolute atomic E-state index is 12.3. The van der Waals surface area contributed by atoms with Crippen LogP contribution in [-0.4, -0.2) is 43.7 Å². The first-order valence-corrected chi connectivity index (χ1v) is 10.2. The van der Waals surface area contributed by atoms with Gasteiger partial charge in [0, 0.05) is 11.7 Å². The molecule has 2 aromatic rings. The van der Waals surface area contributed by atoms with Crippen molar-refractivity contribution in [1.82, 2.24) is 10.7 Å². The van der Waals surface area contributed by atoms with Crippen molar-refractivity contribution in [3.8, 4) is 11.5 Å². The Morgan fingerprint density at radius 3 is 2.59 bits per heavy atom. The van der Waals surface area contributed by atoms with Crippen molar-refractivity contribution in [3.63, 3.8) is 0 Å². The van der Waals surface area contributed by atoms with E-state index in [9.17, 15) is 14.4 Å². The van der Waals surface area contributed by atoms with E-state index < -0.39 is 11.8 Å². The average molecular weight is 438 g/mol. The number of carbonyl (C=O) groups excluding carboxylic acids is 3. The van der Waals surface area contributed by atoms with Crippen molar-refractivity contribution in [2.75, 3.05) is 19.0 Å². The highest BCUT2D eigenvalue weighted by Gasteiger charge is 2.26. The minimum absolute atomic E-state index is 0.0944. The number of rotatable bonds is 8. The molecule has 9 nitrogen and oxygen atoms in total. The van der Waals surface area contributed by atoms with Gasteiger partial charge >= 0.3 is 11.8 Å². The van der Waals surface area contributed by atoms with Crippen LogP contribution in [0.15, 0.2) is 41.5 Å². The summed E-state index contributed by atoms with van der Waals surface area (Å²) in [6.07, 6.45) is 3.16. The molecule has 1 fully saturated rings. The van der Waals surface area contributed by atoms with Crippen molar-refractivity contribution in [2.24, 2.45) is 5.10 Å². The van der Waals surface area contributed by atoms with E-state index in [0.29, 0.717) is 17.1 Å². The Morgan fingerprint density at radius 2 is 1.88 bits per heavy atom. The highest BCUT2D eigenvalue weighted by molar-refractivity contribution is 6.35. The summed E-state index contributed by atoms with van der Waals surface area (Å²) in [6.45, 7) is 3.73. The first-order valence-electron chi connectivity index (χ1n) is 10.2. The first kappa shape index (κ1) is 22.8. The van der Waals surface area contributed by atoms with Crippen molar-refractivity contribution in [3.05, 3.63) is 53.1 Å². The van der Waals surface area contributed by atoms with Crippen LogP contribution in [0.25, 0.3) is 0 Å². The standard InChI is InChI=1S/C23H26N4O5/c1-14-5-4-6-18(15(14)2)26-21(28)13-32-19-10-7-16(11-20(19)31-3)12-24-27-23(30)22(29)25-17-8-9-17/h4-7,10-12,17H,8-9,13H2,1-3H3,(H,25,29)(H,26,28)(H,27,30). The molecule has 32 heavy (non-hydrogen) atoms. The van der Waals surface area contributed by atoms with E-state index in [2.05, 4.69) is 21.2 Å². The van der Waals surface area contributed by atoms with E-state index in [1.165, 1.54) is 13.3 Å². The normalized spacial score (nSPS) is 12.8. The molecule has 9 heteroatoms. The fourth-order valence-corrected chi connectivity index (χ4v) is 2.79. The Bertz CT molecular complexity index is 1050. The number of hydrogen-bond donors (Lipinski definition) is 3. The molecule has 0 aliphatic heterocycles. The number of carbonyl (C=O) groups is 3. The van der Waals surface area contributed by atoms with Gasteiger partial charge in [0.05, 0.1) is 13.3 Å². The fourth-order valence-electron chi connectivity index (χ4n) is 2.79. The van der Waals surface area contributed by atoms with Crippen molar-refractivity contribution in [1.29, 1.82) is 0 Å². The Hall–Kier alpha value is -3.88. The molecule has 0 heterocycles. The maximum atomic E-state index is 12.3. The number of ether oxygens (including phenoxy) is 2. The Balaban J connectivity index is 1.54. The van der Waals surface area contributed by atoms with Gasteiger partial charge in [-0.25, -0.2) is 5.43 Å². The predicted molar refractivity (Wildman–Crippen MR) is 120 cm³/mol. The topological polar surface area (TPSA) is 118 Å². The molecular weight excluding hydrogens is 412 g/mol. The molecule has 0 radical (unpaired) electrons. The second kappa shape index (κ2) is 10.4. The van der Waals surface area contributed by atoms with Gasteiger partial charge < -0.3 is 20.1 Å². The lowest BCUT2D eigenvalue weighted by Gasteiger charge is -2.13. The molecule has 1 aliphatic carbocycles. The van der Waals surface area contributed by atoms with Gasteiger partial charge in [0.2, 0.25) is 0 Å². The molecule has 0 atom stereocenters. The van der Waals surface area contributed by atoms with Gasteiger partial charge in [0.1, 0.15) is 0 Å². The lowest BCUT2D eigenvalue weighted by molar-refractivity contribution is -0.139. The molecule has 3 rings (SSSR count). The summed E-state index contributed by atoms with van der Waals surface area (Å²) in [5.41, 5.74) is 5.62. The molecular formula is C23H26N4O5. The zero-order valence-electron chi connectivity index (χ0n) is 18.2. The summed E-state index contributed by atoms with van der Waals surface area (Å²) in [4.78, 5) is 35.5. The second-order valence-corrected chi connectivity index (χ2v) is 7.44. The smallest absolute Gasteiger partial charge is 0.329 e. The number of methoxy groups -OCH3 is 1. The molecule has 1 aliphatic rings. The summed E-state index contributed by atoms with van der Waals surface area (Å²) in [7, 11) is 1.48. The van der Waals surface area contributed by atoms with Crippen LogP contribution in [0.1, 0.15) is 29.5 Å². The van der Waals surface area contributed by atoms with Gasteiger partial charge in [-0.3, -0.25) is 14.4 Å². The van der Waals surface area contributed by atoms with E-state index in [4.69, 9.17) is 9.47 Å². The fraction of sp³-hybridized carbons (Fsp3) is 0.304. The third kappa shape index (κ3) is 6.31. The number of aryl methyl sites for hydroxylation is 1. The summed E-state index contributed by atoms with van der Waals surface area (Å²) in [5, 5.41) is 9.20. The summed E-state index contributed by atoms with van der Waals surface area (Å²) < 4.78 is 10.9. The number of benzene rings is 2. The zero-order valence-corrected chi connectivity index (χ0v) is 18.2. The Kier molecular flexibility index (Phi) is 7.43. The molecule has 0 unspecified atom stereocenters. The predicted octanol–water partition coefficient (Wildman–Crippen LogP) is 2.06. The average Bonchev–Trinajstić information content (AvgIpc) is 3.59. The van der Waals surface area contributed by atoms with Gasteiger partial charge in [-0.05, 0) is 67.6 Å². The van der Waals surface area contributed by atoms with E-state index in [0.717, 1.165) is 29.7 Å². The second-order valence-electron chi connectivity index (χ2n) is 7.44. The minimum Gasteiger partial charge on any atom is -0.493 e. The molecule has 0 bridgehead atoms. The zero-order chi connectivity index (χ0) is 23.1. The first-order chi connectivity index (χ1) is 15.4. The molecule has 3 N–H and O–H groups in total. The number of nitrogens with zero attached hydrogens (tertiary/aromatic N) is 1. The summed E-state index contributed by atoms with van der Waals surface area (Å²) >= 11 is 0. The van der Waals surface area contributed by atoms with Crippen LogP contribution < -0.4 is 25.5 Å². The Morgan fingerprint density at radius 1 is 1.09 bits per heavy atom.